The Labute approximate surface area is 137 Å². The summed E-state index contributed by atoms with van der Waals surface area (Å²) in [5.41, 5.74) is 0.700. The molecule has 0 N–H and O–H groups in total. The van der Waals surface area contributed by atoms with Crippen LogP contribution in [0.2, 0.25) is 5.02 Å². The molecule has 0 saturated heterocycles. The first-order valence-corrected chi connectivity index (χ1v) is 9.06. The van der Waals surface area contributed by atoms with E-state index in [0.717, 1.165) is 12.3 Å². The molecule has 3 rings (SSSR count). The molecule has 0 radical (unpaired) electrons. The van der Waals surface area contributed by atoms with Gasteiger partial charge in [-0.15, -0.1) is 0 Å². The predicted molar refractivity (Wildman–Crippen MR) is 83.7 cm³/mol. The lowest BCUT2D eigenvalue weighted by atomic mass is 10.1. The fourth-order valence-corrected chi connectivity index (χ4v) is 3.78. The van der Waals surface area contributed by atoms with Crippen LogP contribution in [0.3, 0.4) is 0 Å². The van der Waals surface area contributed by atoms with E-state index in [9.17, 15) is 17.6 Å². The van der Waals surface area contributed by atoms with Gasteiger partial charge in [0.1, 0.15) is 17.3 Å². The second kappa shape index (κ2) is 5.62. The highest BCUT2D eigenvalue weighted by Crippen LogP contribution is 2.37. The molecule has 0 aliphatic heterocycles. The van der Waals surface area contributed by atoms with Crippen LogP contribution in [0.15, 0.2) is 35.2 Å². The number of halogens is 2. The van der Waals surface area contributed by atoms with Gasteiger partial charge < -0.3 is 4.74 Å². The van der Waals surface area contributed by atoms with Gasteiger partial charge in [0.05, 0.1) is 4.90 Å². The van der Waals surface area contributed by atoms with E-state index < -0.39 is 15.7 Å². The molecule has 7 heteroatoms. The minimum Gasteiger partial charge on any atom is -0.457 e. The quantitative estimate of drug-likeness (QED) is 0.841. The highest BCUT2D eigenvalue weighted by atomic mass is 35.5. The molecule has 0 saturated carbocycles. The Kier molecular flexibility index (Phi) is 3.90. The van der Waals surface area contributed by atoms with Gasteiger partial charge in [-0.1, -0.05) is 11.6 Å². The van der Waals surface area contributed by atoms with Crippen molar-refractivity contribution >= 4 is 27.2 Å². The van der Waals surface area contributed by atoms with Crippen LogP contribution in [0, 0.1) is 5.82 Å². The van der Waals surface area contributed by atoms with Crippen LogP contribution in [0.4, 0.5) is 4.39 Å². The van der Waals surface area contributed by atoms with E-state index in [1.54, 1.807) is 0 Å². The van der Waals surface area contributed by atoms with Gasteiger partial charge in [0.25, 0.3) is 0 Å². The molecule has 0 unspecified atom stereocenters. The van der Waals surface area contributed by atoms with Gasteiger partial charge in [-0.05, 0) is 30.7 Å². The summed E-state index contributed by atoms with van der Waals surface area (Å²) >= 11 is 5.79. The molecule has 0 aromatic heterocycles. The first-order chi connectivity index (χ1) is 10.8. The maximum absolute atomic E-state index is 13.4. The van der Waals surface area contributed by atoms with Crippen LogP contribution in [-0.2, 0) is 16.3 Å². The Bertz CT molecular complexity index is 902. The highest BCUT2D eigenvalue weighted by Gasteiger charge is 2.30. The number of carbonyl (C=O) groups excluding carboxylic acids is 1. The van der Waals surface area contributed by atoms with Crippen molar-refractivity contribution in [3.05, 3.63) is 52.3 Å². The van der Waals surface area contributed by atoms with Crippen LogP contribution >= 0.6 is 11.6 Å². The molecule has 2 aromatic rings. The number of sulfone groups is 1. The fraction of sp³-hybridized carbons (Fsp3) is 0.188. The lowest BCUT2D eigenvalue weighted by molar-refractivity contribution is 0.0991. The third kappa shape index (κ3) is 3.09. The summed E-state index contributed by atoms with van der Waals surface area (Å²) in [4.78, 5) is 12.0. The van der Waals surface area contributed by atoms with Crippen molar-refractivity contribution in [3.63, 3.8) is 0 Å². The molecule has 2 aromatic carbocycles. The summed E-state index contributed by atoms with van der Waals surface area (Å²) in [6.45, 7) is 0. The zero-order chi connectivity index (χ0) is 16.8. The lowest BCUT2D eigenvalue weighted by Crippen LogP contribution is -2.06. The van der Waals surface area contributed by atoms with Crippen molar-refractivity contribution < 1.29 is 22.3 Å². The molecule has 0 bridgehead atoms. The standard InChI is InChI=1S/C16H12ClFO4S/c1-23(20,21)15-5-4-14(12-2-3-13(19)16(12)15)22-11-7-9(17)6-10(18)8-11/h4-8H,2-3H2,1H3. The highest BCUT2D eigenvalue weighted by molar-refractivity contribution is 7.90. The Morgan fingerprint density at radius 1 is 1.17 bits per heavy atom. The van der Waals surface area contributed by atoms with E-state index in [-0.39, 0.29) is 33.4 Å². The summed E-state index contributed by atoms with van der Waals surface area (Å²) in [6, 6.07) is 6.58. The SMILES string of the molecule is CS(=O)(=O)c1ccc(Oc2cc(F)cc(Cl)c2)c2c1C(=O)CC2. The Hall–Kier alpha value is -1.92. The van der Waals surface area contributed by atoms with Gasteiger partial charge in [0.15, 0.2) is 15.6 Å². The van der Waals surface area contributed by atoms with Gasteiger partial charge >= 0.3 is 0 Å². The van der Waals surface area contributed by atoms with E-state index in [1.165, 1.54) is 24.3 Å². The molecule has 23 heavy (non-hydrogen) atoms. The van der Waals surface area contributed by atoms with E-state index in [1.807, 2.05) is 0 Å². The molecule has 0 fully saturated rings. The van der Waals surface area contributed by atoms with Gasteiger partial charge in [-0.25, -0.2) is 12.8 Å². The van der Waals surface area contributed by atoms with Gasteiger partial charge in [-0.2, -0.15) is 0 Å². The van der Waals surface area contributed by atoms with Crippen LogP contribution in [0.25, 0.3) is 0 Å². The molecule has 4 nitrogen and oxygen atoms in total. The largest absolute Gasteiger partial charge is 0.457 e. The molecule has 120 valence electrons. The number of benzene rings is 2. The predicted octanol–water partition coefficient (Wildman–Crippen LogP) is 3.80. The Morgan fingerprint density at radius 2 is 1.91 bits per heavy atom. The second-order valence-electron chi connectivity index (χ2n) is 5.32. The number of ether oxygens (including phenoxy) is 1. The zero-order valence-corrected chi connectivity index (χ0v) is 13.7. The molecular formula is C16H12ClFO4S. The molecule has 1 aliphatic rings. The fourth-order valence-electron chi connectivity index (χ4n) is 2.64. The van der Waals surface area contributed by atoms with Crippen molar-refractivity contribution in [2.24, 2.45) is 0 Å². The zero-order valence-electron chi connectivity index (χ0n) is 12.1. The molecule has 0 heterocycles. The molecule has 0 spiro atoms. The van der Waals surface area contributed by atoms with Gasteiger partial charge in [0.2, 0.25) is 0 Å². The van der Waals surface area contributed by atoms with Crippen molar-refractivity contribution in [1.82, 2.24) is 0 Å². The monoisotopic (exact) mass is 354 g/mol. The van der Waals surface area contributed by atoms with Crippen LogP contribution < -0.4 is 4.74 Å². The molecule has 0 amide bonds. The third-order valence-corrected chi connectivity index (χ3v) is 4.93. The van der Waals surface area contributed by atoms with Gasteiger partial charge in [-0.3, -0.25) is 4.79 Å². The minimum absolute atomic E-state index is 0.000348. The van der Waals surface area contributed by atoms with E-state index in [4.69, 9.17) is 16.3 Å². The van der Waals surface area contributed by atoms with Crippen molar-refractivity contribution in [1.29, 1.82) is 0 Å². The summed E-state index contributed by atoms with van der Waals surface area (Å²) in [6.07, 6.45) is 1.67. The van der Waals surface area contributed by atoms with E-state index in [0.29, 0.717) is 17.7 Å². The number of ketones is 1. The van der Waals surface area contributed by atoms with Crippen molar-refractivity contribution in [2.75, 3.05) is 6.26 Å². The average Bonchev–Trinajstić information content (AvgIpc) is 2.79. The maximum Gasteiger partial charge on any atom is 0.176 e. The number of rotatable bonds is 3. The third-order valence-electron chi connectivity index (χ3n) is 3.58. The molecule has 0 atom stereocenters. The van der Waals surface area contributed by atoms with Crippen LogP contribution in [0.1, 0.15) is 22.3 Å². The number of hydrogen-bond donors (Lipinski definition) is 0. The Balaban J connectivity index is 2.10. The summed E-state index contributed by atoms with van der Waals surface area (Å²) < 4.78 is 42.7. The van der Waals surface area contributed by atoms with Crippen LogP contribution in [0.5, 0.6) is 11.5 Å². The second-order valence-corrected chi connectivity index (χ2v) is 7.74. The summed E-state index contributed by atoms with van der Waals surface area (Å²) in [5, 5.41) is 0.181. The number of fused-ring (bicyclic) bond motifs is 1. The van der Waals surface area contributed by atoms with E-state index >= 15 is 0 Å². The first-order valence-electron chi connectivity index (χ1n) is 6.79. The normalized spacial score (nSPS) is 14.0. The number of carbonyl (C=O) groups is 1. The Morgan fingerprint density at radius 3 is 2.57 bits per heavy atom. The average molecular weight is 355 g/mol. The van der Waals surface area contributed by atoms with Gasteiger partial charge in [0, 0.05) is 34.9 Å². The topological polar surface area (TPSA) is 60.4 Å². The molecule has 1 aliphatic carbocycles. The first kappa shape index (κ1) is 16.0. The number of Topliss-reactive ketones (excluding diaryl/α,β-unsaturated/α-hetero) is 1. The molecular weight excluding hydrogens is 343 g/mol. The van der Waals surface area contributed by atoms with Crippen LogP contribution in [-0.4, -0.2) is 20.5 Å². The number of hydrogen-bond acceptors (Lipinski definition) is 4. The summed E-state index contributed by atoms with van der Waals surface area (Å²) in [5.74, 6) is -0.264. The maximum atomic E-state index is 13.4. The lowest BCUT2D eigenvalue weighted by Gasteiger charge is -2.13. The van der Waals surface area contributed by atoms with Crippen molar-refractivity contribution in [3.8, 4) is 11.5 Å². The van der Waals surface area contributed by atoms with Crippen molar-refractivity contribution in [2.45, 2.75) is 17.7 Å². The van der Waals surface area contributed by atoms with E-state index in [2.05, 4.69) is 0 Å². The summed E-state index contributed by atoms with van der Waals surface area (Å²) in [7, 11) is -3.52. The minimum atomic E-state index is -3.52. The smallest absolute Gasteiger partial charge is 0.176 e.